The van der Waals surface area contributed by atoms with Crippen LogP contribution in [0.15, 0.2) is 12.1 Å². The molecule has 3 nitrogen and oxygen atoms in total. The van der Waals surface area contributed by atoms with E-state index < -0.39 is 0 Å². The molecule has 1 aromatic carbocycles. The van der Waals surface area contributed by atoms with Gasteiger partial charge in [0.25, 0.3) is 0 Å². The Morgan fingerprint density at radius 3 is 2.62 bits per heavy atom. The maximum Gasteiger partial charge on any atom is 0.122 e. The van der Waals surface area contributed by atoms with Gasteiger partial charge in [-0.15, -0.1) is 0 Å². The Labute approximate surface area is 96.5 Å². The summed E-state index contributed by atoms with van der Waals surface area (Å²) in [5.41, 5.74) is 4.21. The van der Waals surface area contributed by atoms with Crippen molar-refractivity contribution >= 4 is 0 Å². The minimum Gasteiger partial charge on any atom is -0.496 e. The fourth-order valence-corrected chi connectivity index (χ4v) is 2.50. The third-order valence-corrected chi connectivity index (χ3v) is 3.30. The molecule has 0 saturated heterocycles. The standard InChI is InChI=1S/C13H19NO2/c1-15-13-7-6-10(8-9-16-14)11-4-2-3-5-12(11)13/h6-7H,2-5,8-9,14H2,1H3. The molecule has 0 unspecified atom stereocenters. The van der Waals surface area contributed by atoms with Gasteiger partial charge in [0.1, 0.15) is 5.75 Å². The molecule has 0 saturated carbocycles. The van der Waals surface area contributed by atoms with Crippen LogP contribution in [0.1, 0.15) is 29.5 Å². The molecular formula is C13H19NO2. The Hall–Kier alpha value is -1.06. The molecule has 0 aliphatic heterocycles. The zero-order valence-corrected chi connectivity index (χ0v) is 9.79. The summed E-state index contributed by atoms with van der Waals surface area (Å²) in [6, 6.07) is 4.21. The lowest BCUT2D eigenvalue weighted by Crippen LogP contribution is -2.11. The number of fused-ring (bicyclic) bond motifs is 1. The van der Waals surface area contributed by atoms with Crippen molar-refractivity contribution in [1.82, 2.24) is 0 Å². The SMILES string of the molecule is COc1ccc(CCON)c2c1CCCC2. The molecule has 0 aromatic heterocycles. The van der Waals surface area contributed by atoms with E-state index in [1.54, 1.807) is 7.11 Å². The third-order valence-electron chi connectivity index (χ3n) is 3.30. The lowest BCUT2D eigenvalue weighted by molar-refractivity contribution is 0.141. The van der Waals surface area contributed by atoms with E-state index in [9.17, 15) is 0 Å². The van der Waals surface area contributed by atoms with Gasteiger partial charge in [0.2, 0.25) is 0 Å². The van der Waals surface area contributed by atoms with Crippen LogP contribution < -0.4 is 10.6 Å². The van der Waals surface area contributed by atoms with Crippen molar-refractivity contribution in [2.45, 2.75) is 32.1 Å². The highest BCUT2D eigenvalue weighted by Gasteiger charge is 2.17. The smallest absolute Gasteiger partial charge is 0.122 e. The number of hydrogen-bond acceptors (Lipinski definition) is 3. The van der Waals surface area contributed by atoms with Crippen molar-refractivity contribution in [2.75, 3.05) is 13.7 Å². The van der Waals surface area contributed by atoms with Gasteiger partial charge in [0.15, 0.2) is 0 Å². The van der Waals surface area contributed by atoms with E-state index in [2.05, 4.69) is 17.0 Å². The zero-order chi connectivity index (χ0) is 11.4. The Morgan fingerprint density at radius 1 is 1.19 bits per heavy atom. The van der Waals surface area contributed by atoms with Crippen LogP contribution in [0.4, 0.5) is 0 Å². The monoisotopic (exact) mass is 221 g/mol. The molecule has 88 valence electrons. The van der Waals surface area contributed by atoms with E-state index in [0.717, 1.165) is 25.0 Å². The average molecular weight is 221 g/mol. The first-order valence-corrected chi connectivity index (χ1v) is 5.86. The summed E-state index contributed by atoms with van der Waals surface area (Å²) in [7, 11) is 1.74. The summed E-state index contributed by atoms with van der Waals surface area (Å²) < 4.78 is 5.42. The van der Waals surface area contributed by atoms with Crippen LogP contribution in [0, 0.1) is 0 Å². The van der Waals surface area contributed by atoms with Gasteiger partial charge < -0.3 is 9.57 Å². The van der Waals surface area contributed by atoms with Gasteiger partial charge in [-0.3, -0.25) is 0 Å². The highest BCUT2D eigenvalue weighted by atomic mass is 16.6. The van der Waals surface area contributed by atoms with Crippen LogP contribution >= 0.6 is 0 Å². The van der Waals surface area contributed by atoms with Crippen molar-refractivity contribution in [3.63, 3.8) is 0 Å². The Balaban J connectivity index is 2.32. The molecule has 2 rings (SSSR count). The van der Waals surface area contributed by atoms with Crippen molar-refractivity contribution in [2.24, 2.45) is 5.90 Å². The van der Waals surface area contributed by atoms with Crippen LogP contribution in [-0.2, 0) is 24.1 Å². The first-order valence-electron chi connectivity index (χ1n) is 5.86. The lowest BCUT2D eigenvalue weighted by atomic mass is 9.86. The quantitative estimate of drug-likeness (QED) is 0.791. The number of methoxy groups -OCH3 is 1. The second kappa shape index (κ2) is 5.32. The van der Waals surface area contributed by atoms with Gasteiger partial charge in [0, 0.05) is 0 Å². The van der Waals surface area contributed by atoms with Crippen LogP contribution in [0.25, 0.3) is 0 Å². The first-order chi connectivity index (χ1) is 7.86. The van der Waals surface area contributed by atoms with Gasteiger partial charge in [-0.25, -0.2) is 5.90 Å². The van der Waals surface area contributed by atoms with Crippen LogP contribution in [-0.4, -0.2) is 13.7 Å². The predicted octanol–water partition coefficient (Wildman–Crippen LogP) is 2.01. The fraction of sp³-hybridized carbons (Fsp3) is 0.538. The topological polar surface area (TPSA) is 44.5 Å². The molecule has 0 fully saturated rings. The normalized spacial score (nSPS) is 14.6. The van der Waals surface area contributed by atoms with Crippen molar-refractivity contribution in [1.29, 1.82) is 0 Å². The molecule has 16 heavy (non-hydrogen) atoms. The number of benzene rings is 1. The third kappa shape index (κ3) is 2.20. The zero-order valence-electron chi connectivity index (χ0n) is 9.79. The Morgan fingerprint density at radius 2 is 1.94 bits per heavy atom. The molecule has 0 bridgehead atoms. The molecule has 1 aliphatic rings. The summed E-state index contributed by atoms with van der Waals surface area (Å²) >= 11 is 0. The highest BCUT2D eigenvalue weighted by Crippen LogP contribution is 2.32. The van der Waals surface area contributed by atoms with Gasteiger partial charge in [0.05, 0.1) is 13.7 Å². The number of hydrogen-bond donors (Lipinski definition) is 1. The van der Waals surface area contributed by atoms with Crippen LogP contribution in [0.2, 0.25) is 0 Å². The van der Waals surface area contributed by atoms with E-state index in [1.165, 1.54) is 29.5 Å². The van der Waals surface area contributed by atoms with Crippen molar-refractivity contribution < 1.29 is 9.57 Å². The van der Waals surface area contributed by atoms with E-state index in [1.807, 2.05) is 0 Å². The van der Waals surface area contributed by atoms with Gasteiger partial charge >= 0.3 is 0 Å². The minimum atomic E-state index is 0.582. The summed E-state index contributed by atoms with van der Waals surface area (Å²) in [6.07, 6.45) is 5.72. The highest BCUT2D eigenvalue weighted by molar-refractivity contribution is 5.46. The first kappa shape index (κ1) is 11.4. The average Bonchev–Trinajstić information content (AvgIpc) is 2.36. The van der Waals surface area contributed by atoms with E-state index in [0.29, 0.717) is 6.61 Å². The summed E-state index contributed by atoms with van der Waals surface area (Å²) in [6.45, 7) is 0.582. The molecule has 3 heteroatoms. The van der Waals surface area contributed by atoms with E-state index >= 15 is 0 Å². The molecule has 2 N–H and O–H groups in total. The molecular weight excluding hydrogens is 202 g/mol. The molecule has 0 heterocycles. The maximum atomic E-state index is 5.42. The van der Waals surface area contributed by atoms with Crippen LogP contribution in [0.5, 0.6) is 5.75 Å². The maximum absolute atomic E-state index is 5.42. The second-order valence-corrected chi connectivity index (χ2v) is 4.21. The molecule has 0 amide bonds. The number of nitrogens with two attached hydrogens (primary N) is 1. The molecule has 1 aromatic rings. The van der Waals surface area contributed by atoms with Gasteiger partial charge in [-0.2, -0.15) is 0 Å². The van der Waals surface area contributed by atoms with E-state index in [-0.39, 0.29) is 0 Å². The number of ether oxygens (including phenoxy) is 1. The second-order valence-electron chi connectivity index (χ2n) is 4.21. The number of rotatable bonds is 4. The fourth-order valence-electron chi connectivity index (χ4n) is 2.50. The summed E-state index contributed by atoms with van der Waals surface area (Å²) in [4.78, 5) is 4.66. The Bertz CT molecular complexity index is 363. The molecule has 0 atom stereocenters. The molecule has 0 radical (unpaired) electrons. The predicted molar refractivity (Wildman–Crippen MR) is 63.5 cm³/mol. The molecule has 0 spiro atoms. The van der Waals surface area contributed by atoms with Crippen molar-refractivity contribution in [3.8, 4) is 5.75 Å². The summed E-state index contributed by atoms with van der Waals surface area (Å²) in [5.74, 6) is 6.12. The molecule has 1 aliphatic carbocycles. The van der Waals surface area contributed by atoms with Crippen molar-refractivity contribution in [3.05, 3.63) is 28.8 Å². The largest absolute Gasteiger partial charge is 0.496 e. The lowest BCUT2D eigenvalue weighted by Gasteiger charge is -2.21. The summed E-state index contributed by atoms with van der Waals surface area (Å²) in [5, 5.41) is 0. The Kier molecular flexibility index (Phi) is 3.80. The minimum absolute atomic E-state index is 0.582. The van der Waals surface area contributed by atoms with Crippen LogP contribution in [0.3, 0.4) is 0 Å². The van der Waals surface area contributed by atoms with E-state index in [4.69, 9.17) is 10.6 Å². The van der Waals surface area contributed by atoms with Gasteiger partial charge in [-0.05, 0) is 54.9 Å². The van der Waals surface area contributed by atoms with Gasteiger partial charge in [-0.1, -0.05) is 6.07 Å².